The molecule has 0 aliphatic carbocycles. The fourth-order valence-corrected chi connectivity index (χ4v) is 4.67. The van der Waals surface area contributed by atoms with E-state index in [0.717, 1.165) is 29.6 Å². The topological polar surface area (TPSA) is 3.24 Å². The first kappa shape index (κ1) is 17.0. The molecule has 1 fully saturated rings. The van der Waals surface area contributed by atoms with Gasteiger partial charge in [0, 0.05) is 18.1 Å². The number of rotatable bonds is 3. The van der Waals surface area contributed by atoms with E-state index in [1.807, 2.05) is 0 Å². The smallest absolute Gasteiger partial charge is 0.0158 e. The second-order valence-corrected chi connectivity index (χ2v) is 8.47. The molecular formula is C18H37N. The quantitative estimate of drug-likeness (QED) is 0.691. The molecule has 1 nitrogen and oxygen atoms in total. The third kappa shape index (κ3) is 3.74. The Morgan fingerprint density at radius 1 is 0.947 bits per heavy atom. The predicted octanol–water partition coefficient (Wildman–Crippen LogP) is 5.06. The summed E-state index contributed by atoms with van der Waals surface area (Å²) in [6, 6.07) is 0.649. The van der Waals surface area contributed by atoms with Gasteiger partial charge < -0.3 is 0 Å². The first-order valence-corrected chi connectivity index (χ1v) is 8.34. The molecule has 1 heterocycles. The Kier molecular flexibility index (Phi) is 5.52. The molecule has 0 radical (unpaired) electrons. The molecule has 0 amide bonds. The summed E-state index contributed by atoms with van der Waals surface area (Å²) in [7, 11) is 0. The van der Waals surface area contributed by atoms with Gasteiger partial charge in [0.25, 0.3) is 0 Å². The van der Waals surface area contributed by atoms with Gasteiger partial charge in [-0.3, -0.25) is 4.90 Å². The van der Waals surface area contributed by atoms with Crippen LogP contribution in [0.5, 0.6) is 0 Å². The average Bonchev–Trinajstić information content (AvgIpc) is 2.33. The molecule has 0 aromatic carbocycles. The molecule has 1 aliphatic heterocycles. The third-order valence-corrected chi connectivity index (χ3v) is 5.40. The summed E-state index contributed by atoms with van der Waals surface area (Å²) in [5.74, 6) is 4.11. The van der Waals surface area contributed by atoms with Gasteiger partial charge in [-0.25, -0.2) is 0 Å². The fourth-order valence-electron chi connectivity index (χ4n) is 4.67. The van der Waals surface area contributed by atoms with Gasteiger partial charge in [0.05, 0.1) is 0 Å². The average molecular weight is 268 g/mol. The maximum Gasteiger partial charge on any atom is 0.0158 e. The zero-order valence-electron chi connectivity index (χ0n) is 14.8. The molecule has 3 unspecified atom stereocenters. The van der Waals surface area contributed by atoms with Gasteiger partial charge in [-0.05, 0) is 63.7 Å². The monoisotopic (exact) mass is 267 g/mol. The van der Waals surface area contributed by atoms with Gasteiger partial charge in [0.15, 0.2) is 0 Å². The molecular weight excluding hydrogens is 230 g/mol. The molecule has 1 saturated heterocycles. The summed E-state index contributed by atoms with van der Waals surface area (Å²) < 4.78 is 0. The van der Waals surface area contributed by atoms with E-state index < -0.39 is 0 Å². The largest absolute Gasteiger partial charge is 0.296 e. The summed E-state index contributed by atoms with van der Waals surface area (Å²) in [5, 5.41) is 0. The van der Waals surface area contributed by atoms with Gasteiger partial charge in [-0.2, -0.15) is 0 Å². The number of nitrogens with zero attached hydrogens (tertiary/aromatic N) is 1. The van der Waals surface area contributed by atoms with E-state index in [0.29, 0.717) is 11.6 Å². The maximum atomic E-state index is 2.75. The van der Waals surface area contributed by atoms with Gasteiger partial charge in [-0.1, -0.05) is 34.6 Å². The van der Waals surface area contributed by atoms with E-state index in [1.165, 1.54) is 13.0 Å². The van der Waals surface area contributed by atoms with Crippen LogP contribution in [0, 0.1) is 29.6 Å². The normalized spacial score (nSPS) is 33.2. The number of hydrogen-bond acceptors (Lipinski definition) is 1. The Morgan fingerprint density at radius 3 is 1.84 bits per heavy atom. The molecule has 1 rings (SSSR count). The van der Waals surface area contributed by atoms with Gasteiger partial charge in [-0.15, -0.1) is 0 Å². The highest BCUT2D eigenvalue weighted by molar-refractivity contribution is 4.95. The summed E-state index contributed by atoms with van der Waals surface area (Å²) in [6.07, 6.45) is 1.34. The van der Waals surface area contributed by atoms with Crippen molar-refractivity contribution in [2.24, 2.45) is 29.6 Å². The summed E-state index contributed by atoms with van der Waals surface area (Å²) in [4.78, 5) is 2.75. The second kappa shape index (κ2) is 6.16. The highest BCUT2D eigenvalue weighted by atomic mass is 15.2. The molecule has 0 spiro atoms. The van der Waals surface area contributed by atoms with Crippen LogP contribution in [0.4, 0.5) is 0 Å². The van der Waals surface area contributed by atoms with Crippen LogP contribution in [-0.2, 0) is 0 Å². The van der Waals surface area contributed by atoms with Crippen LogP contribution in [0.3, 0.4) is 0 Å². The van der Waals surface area contributed by atoms with Crippen molar-refractivity contribution in [2.75, 3.05) is 6.54 Å². The Hall–Kier alpha value is -0.0400. The highest BCUT2D eigenvalue weighted by Gasteiger charge is 2.42. The van der Waals surface area contributed by atoms with Crippen LogP contribution >= 0.6 is 0 Å². The Labute approximate surface area is 122 Å². The molecule has 0 N–H and O–H groups in total. The standard InChI is InChI=1S/C18H37N/c1-12(2)16-10-18(8,9)19(14(5)6)11-15(7)17(16)13(3)4/h12-17H,10-11H2,1-9H3. The van der Waals surface area contributed by atoms with Gasteiger partial charge >= 0.3 is 0 Å². The molecule has 114 valence electrons. The van der Waals surface area contributed by atoms with Crippen LogP contribution in [0.2, 0.25) is 0 Å². The van der Waals surface area contributed by atoms with Crippen LogP contribution in [0.25, 0.3) is 0 Å². The summed E-state index contributed by atoms with van der Waals surface area (Å²) in [6.45, 7) is 23.1. The second-order valence-electron chi connectivity index (χ2n) is 8.47. The first-order valence-electron chi connectivity index (χ1n) is 8.34. The molecule has 0 aromatic heterocycles. The Bertz CT molecular complexity index is 277. The highest BCUT2D eigenvalue weighted by Crippen LogP contribution is 2.44. The van der Waals surface area contributed by atoms with E-state index in [1.54, 1.807) is 0 Å². The van der Waals surface area contributed by atoms with Crippen molar-refractivity contribution in [2.45, 2.75) is 80.3 Å². The number of likely N-dealkylation sites (tertiary alicyclic amines) is 1. The van der Waals surface area contributed by atoms with Gasteiger partial charge in [0.1, 0.15) is 0 Å². The van der Waals surface area contributed by atoms with Crippen molar-refractivity contribution in [3.8, 4) is 0 Å². The van der Waals surface area contributed by atoms with Crippen LogP contribution in [0.1, 0.15) is 68.7 Å². The lowest BCUT2D eigenvalue weighted by atomic mass is 9.68. The van der Waals surface area contributed by atoms with Crippen molar-refractivity contribution >= 4 is 0 Å². The molecule has 1 aliphatic rings. The lowest BCUT2D eigenvalue weighted by molar-refractivity contribution is 0.0693. The van der Waals surface area contributed by atoms with Crippen LogP contribution in [0.15, 0.2) is 0 Å². The van der Waals surface area contributed by atoms with Crippen molar-refractivity contribution in [1.82, 2.24) is 4.90 Å². The zero-order chi connectivity index (χ0) is 15.0. The van der Waals surface area contributed by atoms with Crippen molar-refractivity contribution < 1.29 is 0 Å². The van der Waals surface area contributed by atoms with E-state index in [4.69, 9.17) is 0 Å². The van der Waals surface area contributed by atoms with Crippen LogP contribution < -0.4 is 0 Å². The third-order valence-electron chi connectivity index (χ3n) is 5.40. The first-order chi connectivity index (χ1) is 8.58. The minimum Gasteiger partial charge on any atom is -0.296 e. The van der Waals surface area contributed by atoms with Crippen molar-refractivity contribution in [3.05, 3.63) is 0 Å². The summed E-state index contributed by atoms with van der Waals surface area (Å²) in [5.41, 5.74) is 0.334. The molecule has 0 aromatic rings. The van der Waals surface area contributed by atoms with E-state index in [2.05, 4.69) is 67.2 Å². The van der Waals surface area contributed by atoms with Gasteiger partial charge in [0.2, 0.25) is 0 Å². The minimum atomic E-state index is 0.334. The molecule has 0 saturated carbocycles. The molecule has 3 atom stereocenters. The summed E-state index contributed by atoms with van der Waals surface area (Å²) >= 11 is 0. The predicted molar refractivity (Wildman–Crippen MR) is 86.4 cm³/mol. The molecule has 1 heteroatoms. The Morgan fingerprint density at radius 2 is 1.47 bits per heavy atom. The maximum absolute atomic E-state index is 2.75. The lowest BCUT2D eigenvalue weighted by Gasteiger charge is -2.42. The van der Waals surface area contributed by atoms with E-state index >= 15 is 0 Å². The van der Waals surface area contributed by atoms with E-state index in [9.17, 15) is 0 Å². The fraction of sp³-hybridized carbons (Fsp3) is 1.00. The lowest BCUT2D eigenvalue weighted by Crippen LogP contribution is -2.48. The molecule has 0 bridgehead atoms. The van der Waals surface area contributed by atoms with Crippen LogP contribution in [-0.4, -0.2) is 23.0 Å². The minimum absolute atomic E-state index is 0.334. The van der Waals surface area contributed by atoms with Crippen molar-refractivity contribution in [3.63, 3.8) is 0 Å². The van der Waals surface area contributed by atoms with E-state index in [-0.39, 0.29) is 0 Å². The van der Waals surface area contributed by atoms with Crippen molar-refractivity contribution in [1.29, 1.82) is 0 Å². The SMILES string of the molecule is CC(C)C1CC(C)(C)N(C(C)C)CC(C)C1C(C)C. The zero-order valence-corrected chi connectivity index (χ0v) is 14.8. The molecule has 19 heavy (non-hydrogen) atoms. The Balaban J connectivity index is 3.12. The number of hydrogen-bond donors (Lipinski definition) is 0.